The zero-order valence-electron chi connectivity index (χ0n) is 8.82. The summed E-state index contributed by atoms with van der Waals surface area (Å²) in [6.07, 6.45) is 4.37. The first-order valence-corrected chi connectivity index (χ1v) is 5.18. The molecule has 0 saturated heterocycles. The molecule has 15 heavy (non-hydrogen) atoms. The fourth-order valence-corrected chi connectivity index (χ4v) is 1.43. The van der Waals surface area contributed by atoms with Crippen molar-refractivity contribution < 1.29 is 8.83 Å². The summed E-state index contributed by atoms with van der Waals surface area (Å²) < 4.78 is 10.5. The average molecular weight is 205 g/mol. The van der Waals surface area contributed by atoms with Crippen molar-refractivity contribution in [2.75, 3.05) is 0 Å². The largest absolute Gasteiger partial charge is 0.472 e. The van der Waals surface area contributed by atoms with Gasteiger partial charge in [-0.1, -0.05) is 6.92 Å². The van der Waals surface area contributed by atoms with Gasteiger partial charge in [0.05, 0.1) is 19.1 Å². The molecule has 0 aliphatic carbocycles. The lowest BCUT2D eigenvalue weighted by molar-refractivity contribution is 0.450. The number of nitrogens with one attached hydrogen (secondary N) is 1. The van der Waals surface area contributed by atoms with Crippen LogP contribution in [0.1, 0.15) is 24.0 Å². The molecule has 0 amide bonds. The van der Waals surface area contributed by atoms with Crippen molar-refractivity contribution in [3.8, 4) is 0 Å². The van der Waals surface area contributed by atoms with Gasteiger partial charge in [-0.15, -0.1) is 0 Å². The van der Waals surface area contributed by atoms with Crippen LogP contribution in [0.2, 0.25) is 0 Å². The van der Waals surface area contributed by atoms with Gasteiger partial charge in [0.1, 0.15) is 11.5 Å². The summed E-state index contributed by atoms with van der Waals surface area (Å²) in [5.41, 5.74) is 1.15. The Hall–Kier alpha value is -1.48. The summed E-state index contributed by atoms with van der Waals surface area (Å²) in [6, 6.07) is 5.99. The lowest BCUT2D eigenvalue weighted by Gasteiger charge is -1.99. The summed E-state index contributed by atoms with van der Waals surface area (Å²) in [7, 11) is 0. The molecule has 0 atom stereocenters. The zero-order chi connectivity index (χ0) is 10.5. The number of hydrogen-bond donors (Lipinski definition) is 1. The molecule has 0 bridgehead atoms. The van der Waals surface area contributed by atoms with E-state index in [2.05, 4.69) is 12.2 Å². The van der Waals surface area contributed by atoms with Crippen molar-refractivity contribution in [1.29, 1.82) is 0 Å². The van der Waals surface area contributed by atoms with E-state index < -0.39 is 0 Å². The molecule has 0 saturated carbocycles. The Morgan fingerprint density at radius 2 is 2.00 bits per heavy atom. The number of rotatable bonds is 5. The van der Waals surface area contributed by atoms with Crippen molar-refractivity contribution in [3.05, 3.63) is 47.8 Å². The molecule has 0 aliphatic rings. The molecule has 1 N–H and O–H groups in total. The quantitative estimate of drug-likeness (QED) is 0.815. The summed E-state index contributed by atoms with van der Waals surface area (Å²) in [4.78, 5) is 0. The fraction of sp³-hybridized carbons (Fsp3) is 0.333. The Bertz CT molecular complexity index is 389. The van der Waals surface area contributed by atoms with Crippen LogP contribution in [-0.2, 0) is 19.5 Å². The Labute approximate surface area is 89.1 Å². The Kier molecular flexibility index (Phi) is 3.25. The summed E-state index contributed by atoms with van der Waals surface area (Å²) >= 11 is 0. The summed E-state index contributed by atoms with van der Waals surface area (Å²) in [6.45, 7) is 3.64. The van der Waals surface area contributed by atoms with Gasteiger partial charge in [-0.25, -0.2) is 0 Å². The van der Waals surface area contributed by atoms with Gasteiger partial charge in [0, 0.05) is 18.5 Å². The summed E-state index contributed by atoms with van der Waals surface area (Å²) in [5, 5.41) is 3.29. The van der Waals surface area contributed by atoms with Crippen molar-refractivity contribution >= 4 is 0 Å². The monoisotopic (exact) mass is 205 g/mol. The first-order valence-electron chi connectivity index (χ1n) is 5.18. The molecule has 80 valence electrons. The van der Waals surface area contributed by atoms with Crippen molar-refractivity contribution in [3.63, 3.8) is 0 Å². The molecule has 3 nitrogen and oxygen atoms in total. The first-order chi connectivity index (χ1) is 7.38. The van der Waals surface area contributed by atoms with E-state index in [9.17, 15) is 0 Å². The fourth-order valence-electron chi connectivity index (χ4n) is 1.43. The Morgan fingerprint density at radius 3 is 2.67 bits per heavy atom. The highest BCUT2D eigenvalue weighted by Gasteiger charge is 2.00. The molecule has 0 spiro atoms. The first kappa shape index (κ1) is 10.1. The van der Waals surface area contributed by atoms with Crippen LogP contribution in [0, 0.1) is 0 Å². The van der Waals surface area contributed by atoms with Crippen LogP contribution in [-0.4, -0.2) is 0 Å². The van der Waals surface area contributed by atoms with E-state index in [1.54, 1.807) is 12.5 Å². The second kappa shape index (κ2) is 4.84. The molecule has 0 aromatic carbocycles. The SMILES string of the molecule is CCc1ccc(CNCc2ccoc2)o1. The third kappa shape index (κ3) is 2.73. The third-order valence-corrected chi connectivity index (χ3v) is 2.27. The lowest BCUT2D eigenvalue weighted by Crippen LogP contribution is -2.11. The highest BCUT2D eigenvalue weighted by molar-refractivity contribution is 5.08. The van der Waals surface area contributed by atoms with Crippen LogP contribution in [0.25, 0.3) is 0 Å². The van der Waals surface area contributed by atoms with Gasteiger partial charge in [0.15, 0.2) is 0 Å². The van der Waals surface area contributed by atoms with Gasteiger partial charge in [0.25, 0.3) is 0 Å². The van der Waals surface area contributed by atoms with E-state index in [0.717, 1.165) is 36.6 Å². The van der Waals surface area contributed by atoms with E-state index in [1.807, 2.05) is 18.2 Å². The number of hydrogen-bond acceptors (Lipinski definition) is 3. The van der Waals surface area contributed by atoms with Crippen molar-refractivity contribution in [1.82, 2.24) is 5.32 Å². The van der Waals surface area contributed by atoms with Crippen LogP contribution in [0.5, 0.6) is 0 Å². The van der Waals surface area contributed by atoms with Crippen LogP contribution >= 0.6 is 0 Å². The summed E-state index contributed by atoms with van der Waals surface area (Å²) in [5.74, 6) is 2.02. The van der Waals surface area contributed by atoms with Crippen LogP contribution in [0.15, 0.2) is 39.6 Å². The molecule has 2 rings (SSSR count). The smallest absolute Gasteiger partial charge is 0.117 e. The van der Waals surface area contributed by atoms with Gasteiger partial charge in [0.2, 0.25) is 0 Å². The molecule has 0 fully saturated rings. The van der Waals surface area contributed by atoms with Crippen LogP contribution in [0.4, 0.5) is 0 Å². The topological polar surface area (TPSA) is 38.3 Å². The molecule has 3 heteroatoms. The van der Waals surface area contributed by atoms with Crippen molar-refractivity contribution in [2.24, 2.45) is 0 Å². The molecular formula is C12H15NO2. The number of furan rings is 2. The van der Waals surface area contributed by atoms with E-state index in [0.29, 0.717) is 0 Å². The number of aryl methyl sites for hydroxylation is 1. The normalized spacial score (nSPS) is 10.7. The van der Waals surface area contributed by atoms with E-state index in [1.165, 1.54) is 0 Å². The maximum atomic E-state index is 5.57. The van der Waals surface area contributed by atoms with Gasteiger partial charge in [-0.2, -0.15) is 0 Å². The minimum atomic E-state index is 0.755. The Balaban J connectivity index is 1.78. The van der Waals surface area contributed by atoms with Gasteiger partial charge < -0.3 is 14.2 Å². The second-order valence-corrected chi connectivity index (χ2v) is 3.46. The standard InChI is InChI=1S/C12H15NO2/c1-2-11-3-4-12(15-11)8-13-7-10-5-6-14-9-10/h3-6,9,13H,2,7-8H2,1H3. The molecule has 0 radical (unpaired) electrons. The molecular weight excluding hydrogens is 190 g/mol. The lowest BCUT2D eigenvalue weighted by atomic mass is 10.3. The average Bonchev–Trinajstić information content (AvgIpc) is 2.88. The van der Waals surface area contributed by atoms with Crippen molar-refractivity contribution in [2.45, 2.75) is 26.4 Å². The highest BCUT2D eigenvalue weighted by atomic mass is 16.3. The van der Waals surface area contributed by atoms with Gasteiger partial charge in [-0.05, 0) is 18.2 Å². The third-order valence-electron chi connectivity index (χ3n) is 2.27. The minimum absolute atomic E-state index is 0.755. The van der Waals surface area contributed by atoms with E-state index in [4.69, 9.17) is 8.83 Å². The molecule has 0 aliphatic heterocycles. The molecule has 2 heterocycles. The maximum absolute atomic E-state index is 5.57. The zero-order valence-corrected chi connectivity index (χ0v) is 8.82. The van der Waals surface area contributed by atoms with Gasteiger partial charge >= 0.3 is 0 Å². The van der Waals surface area contributed by atoms with E-state index >= 15 is 0 Å². The van der Waals surface area contributed by atoms with Gasteiger partial charge in [-0.3, -0.25) is 0 Å². The maximum Gasteiger partial charge on any atom is 0.117 e. The Morgan fingerprint density at radius 1 is 1.13 bits per heavy atom. The van der Waals surface area contributed by atoms with E-state index in [-0.39, 0.29) is 0 Å². The van der Waals surface area contributed by atoms with Crippen LogP contribution in [0.3, 0.4) is 0 Å². The molecule has 2 aromatic rings. The van der Waals surface area contributed by atoms with Crippen LogP contribution < -0.4 is 5.32 Å². The molecule has 0 unspecified atom stereocenters. The second-order valence-electron chi connectivity index (χ2n) is 3.46. The molecule has 2 aromatic heterocycles. The minimum Gasteiger partial charge on any atom is -0.472 e. The predicted molar refractivity (Wildman–Crippen MR) is 57.3 cm³/mol. The predicted octanol–water partition coefficient (Wildman–Crippen LogP) is 2.72. The highest BCUT2D eigenvalue weighted by Crippen LogP contribution is 2.08.